The van der Waals surface area contributed by atoms with E-state index in [1.54, 1.807) is 0 Å². The largest absolute Gasteiger partial charge is 0.244 e. The number of rotatable bonds is 0. The van der Waals surface area contributed by atoms with Gasteiger partial charge >= 0.3 is 0 Å². The maximum atomic E-state index is 13.3. The molecule has 2 heteroatoms. The van der Waals surface area contributed by atoms with Crippen LogP contribution in [-0.4, -0.2) is 12.3 Å². The molecule has 0 N–H and O–H groups in total. The molecule has 0 amide bonds. The van der Waals surface area contributed by atoms with Crippen molar-refractivity contribution in [3.8, 4) is 0 Å². The van der Waals surface area contributed by atoms with Crippen molar-refractivity contribution in [2.45, 2.75) is 40.0 Å². The van der Waals surface area contributed by atoms with Gasteiger partial charge in [-0.3, -0.25) is 0 Å². The Kier molecular flexibility index (Phi) is 2.74. The molecule has 0 nitrogen and oxygen atoms in total. The predicted octanol–water partition coefficient (Wildman–Crippen LogP) is 3.22. The summed E-state index contributed by atoms with van der Waals surface area (Å²) in [6.07, 6.45) is -2.52. The lowest BCUT2D eigenvalue weighted by atomic mass is 9.67. The summed E-state index contributed by atoms with van der Waals surface area (Å²) < 4.78 is 26.5. The van der Waals surface area contributed by atoms with Crippen LogP contribution < -0.4 is 0 Å². The van der Waals surface area contributed by atoms with Crippen molar-refractivity contribution in [1.82, 2.24) is 0 Å². The summed E-state index contributed by atoms with van der Waals surface area (Å²) >= 11 is 0. The molecule has 1 aliphatic carbocycles. The summed E-state index contributed by atoms with van der Waals surface area (Å²) in [5.41, 5.74) is 0. The minimum atomic E-state index is -1.26. The van der Waals surface area contributed by atoms with E-state index >= 15 is 0 Å². The second kappa shape index (κ2) is 3.31. The SMILES string of the molecule is CC1C(C)C(C)C(F)C(F)C1C. The van der Waals surface area contributed by atoms with E-state index in [2.05, 4.69) is 0 Å². The summed E-state index contributed by atoms with van der Waals surface area (Å²) in [7, 11) is 0. The van der Waals surface area contributed by atoms with Crippen LogP contribution in [-0.2, 0) is 0 Å². The average Bonchev–Trinajstić information content (AvgIpc) is 2.08. The minimum Gasteiger partial charge on any atom is -0.244 e. The lowest BCUT2D eigenvalue weighted by molar-refractivity contribution is -0.0291. The highest BCUT2D eigenvalue weighted by molar-refractivity contribution is 4.91. The van der Waals surface area contributed by atoms with Crippen molar-refractivity contribution in [2.75, 3.05) is 0 Å². The van der Waals surface area contributed by atoms with E-state index < -0.39 is 12.3 Å². The van der Waals surface area contributed by atoms with E-state index in [4.69, 9.17) is 0 Å². The molecule has 0 aromatic carbocycles. The van der Waals surface area contributed by atoms with Gasteiger partial charge in [0.15, 0.2) is 0 Å². The van der Waals surface area contributed by atoms with E-state index in [1.165, 1.54) is 0 Å². The first-order chi connectivity index (χ1) is 5.46. The molecular formula is C10H18F2. The van der Waals surface area contributed by atoms with Crippen LogP contribution in [0.3, 0.4) is 0 Å². The number of hydrogen-bond acceptors (Lipinski definition) is 0. The van der Waals surface area contributed by atoms with Gasteiger partial charge in [-0.1, -0.05) is 27.7 Å². The fraction of sp³-hybridized carbons (Fsp3) is 1.00. The average molecular weight is 176 g/mol. The quantitative estimate of drug-likeness (QED) is 0.531. The second-order valence-electron chi connectivity index (χ2n) is 4.33. The summed E-state index contributed by atoms with van der Waals surface area (Å²) in [4.78, 5) is 0. The van der Waals surface area contributed by atoms with Crippen LogP contribution >= 0.6 is 0 Å². The van der Waals surface area contributed by atoms with Crippen LogP contribution in [0, 0.1) is 23.7 Å². The second-order valence-corrected chi connectivity index (χ2v) is 4.33. The highest BCUT2D eigenvalue weighted by Gasteiger charge is 2.43. The normalized spacial score (nSPS) is 55.5. The third-order valence-electron chi connectivity index (χ3n) is 3.80. The molecule has 0 radical (unpaired) electrons. The third-order valence-corrected chi connectivity index (χ3v) is 3.80. The minimum absolute atomic E-state index is 0.133. The number of hydrogen-bond donors (Lipinski definition) is 0. The van der Waals surface area contributed by atoms with E-state index in [1.807, 2.05) is 27.7 Å². The van der Waals surface area contributed by atoms with Crippen molar-refractivity contribution in [1.29, 1.82) is 0 Å². The Balaban J connectivity index is 2.76. The Hall–Kier alpha value is -0.140. The van der Waals surface area contributed by atoms with Crippen molar-refractivity contribution < 1.29 is 8.78 Å². The standard InChI is InChI=1S/C10H18F2/c1-5-6(2)8(4)10(12)9(11)7(5)3/h5-10H,1-4H3. The molecule has 72 valence electrons. The molecule has 0 saturated heterocycles. The smallest absolute Gasteiger partial charge is 0.134 e. The molecule has 1 saturated carbocycles. The van der Waals surface area contributed by atoms with Crippen LogP contribution in [0.25, 0.3) is 0 Å². The Morgan fingerprint density at radius 3 is 1.08 bits per heavy atom. The van der Waals surface area contributed by atoms with Gasteiger partial charge in [0.1, 0.15) is 12.3 Å². The van der Waals surface area contributed by atoms with E-state index in [0.717, 1.165) is 0 Å². The monoisotopic (exact) mass is 176 g/mol. The summed E-state index contributed by atoms with van der Waals surface area (Å²) in [5.74, 6) is 0.321. The first-order valence-electron chi connectivity index (χ1n) is 4.75. The molecule has 6 unspecified atom stereocenters. The maximum absolute atomic E-state index is 13.3. The molecule has 12 heavy (non-hydrogen) atoms. The van der Waals surface area contributed by atoms with Crippen LogP contribution in [0.5, 0.6) is 0 Å². The number of alkyl halides is 2. The Morgan fingerprint density at radius 1 is 0.583 bits per heavy atom. The zero-order valence-electron chi connectivity index (χ0n) is 8.22. The molecule has 0 aliphatic heterocycles. The van der Waals surface area contributed by atoms with Gasteiger partial charge in [0, 0.05) is 0 Å². The van der Waals surface area contributed by atoms with Gasteiger partial charge in [0.25, 0.3) is 0 Å². The van der Waals surface area contributed by atoms with Gasteiger partial charge in [-0.25, -0.2) is 8.78 Å². The van der Waals surface area contributed by atoms with Crippen LogP contribution in [0.1, 0.15) is 27.7 Å². The summed E-state index contributed by atoms with van der Waals surface area (Å²) in [5, 5.41) is 0. The highest BCUT2D eigenvalue weighted by Crippen LogP contribution is 2.41. The van der Waals surface area contributed by atoms with Gasteiger partial charge in [-0.05, 0) is 23.7 Å². The number of halogens is 2. The fourth-order valence-electron chi connectivity index (χ4n) is 2.12. The lowest BCUT2D eigenvalue weighted by Gasteiger charge is -2.41. The zero-order chi connectivity index (χ0) is 9.46. The van der Waals surface area contributed by atoms with E-state index in [-0.39, 0.29) is 11.8 Å². The van der Waals surface area contributed by atoms with Gasteiger partial charge in [0.2, 0.25) is 0 Å². The fourth-order valence-corrected chi connectivity index (χ4v) is 2.12. The molecule has 0 spiro atoms. The zero-order valence-corrected chi connectivity index (χ0v) is 8.22. The van der Waals surface area contributed by atoms with E-state index in [9.17, 15) is 8.78 Å². The predicted molar refractivity (Wildman–Crippen MR) is 46.4 cm³/mol. The summed E-state index contributed by atoms with van der Waals surface area (Å²) in [6.45, 7) is 7.66. The molecule has 1 aliphatic rings. The van der Waals surface area contributed by atoms with Crippen molar-refractivity contribution in [3.63, 3.8) is 0 Å². The highest BCUT2D eigenvalue weighted by atomic mass is 19.2. The molecule has 1 fully saturated rings. The molecule has 1 rings (SSSR count). The first-order valence-corrected chi connectivity index (χ1v) is 4.75. The van der Waals surface area contributed by atoms with Gasteiger partial charge in [0.05, 0.1) is 0 Å². The molecule has 0 bridgehead atoms. The topological polar surface area (TPSA) is 0 Å². The van der Waals surface area contributed by atoms with Gasteiger partial charge in [-0.15, -0.1) is 0 Å². The molecular weight excluding hydrogens is 158 g/mol. The molecule has 0 aromatic heterocycles. The first kappa shape index (κ1) is 9.94. The van der Waals surface area contributed by atoms with Crippen molar-refractivity contribution >= 4 is 0 Å². The van der Waals surface area contributed by atoms with Gasteiger partial charge in [-0.2, -0.15) is 0 Å². The summed E-state index contributed by atoms with van der Waals surface area (Å²) in [6, 6.07) is 0. The molecule has 0 heterocycles. The Bertz CT molecular complexity index is 99.4. The van der Waals surface area contributed by atoms with Crippen molar-refractivity contribution in [3.05, 3.63) is 0 Å². The van der Waals surface area contributed by atoms with Gasteiger partial charge < -0.3 is 0 Å². The van der Waals surface area contributed by atoms with Crippen molar-refractivity contribution in [2.24, 2.45) is 23.7 Å². The third kappa shape index (κ3) is 1.36. The van der Waals surface area contributed by atoms with Crippen LogP contribution in [0.2, 0.25) is 0 Å². The maximum Gasteiger partial charge on any atom is 0.134 e. The van der Waals surface area contributed by atoms with E-state index in [0.29, 0.717) is 11.8 Å². The van der Waals surface area contributed by atoms with Crippen LogP contribution in [0.15, 0.2) is 0 Å². The Labute approximate surface area is 73.3 Å². The lowest BCUT2D eigenvalue weighted by Crippen LogP contribution is -2.45. The Morgan fingerprint density at radius 2 is 0.833 bits per heavy atom. The molecule has 0 aromatic rings. The van der Waals surface area contributed by atoms with Crippen LogP contribution in [0.4, 0.5) is 8.78 Å². The molecule has 6 atom stereocenters.